The summed E-state index contributed by atoms with van der Waals surface area (Å²) in [7, 11) is -2.96. The first-order valence-corrected chi connectivity index (χ1v) is 13.0. The largest absolute Gasteiger partial charge is 0.367 e. The number of sulfone groups is 1. The number of guanidine groups is 1. The lowest BCUT2D eigenvalue weighted by atomic mass is 10.1. The van der Waals surface area contributed by atoms with Crippen molar-refractivity contribution in [3.05, 3.63) is 65.2 Å². The summed E-state index contributed by atoms with van der Waals surface area (Å²) in [5.74, 6) is 0.880. The number of hydrogen-bond donors (Lipinski definition) is 2. The van der Waals surface area contributed by atoms with Crippen LogP contribution in [0.2, 0.25) is 0 Å². The Morgan fingerprint density at radius 3 is 2.55 bits per heavy atom. The van der Waals surface area contributed by atoms with Gasteiger partial charge in [-0.05, 0) is 49.4 Å². The molecule has 0 aliphatic carbocycles. The van der Waals surface area contributed by atoms with E-state index in [1.54, 1.807) is 0 Å². The third kappa shape index (κ3) is 7.28. The monoisotopic (exact) mass is 442 g/mol. The van der Waals surface area contributed by atoms with Gasteiger partial charge in [-0.2, -0.15) is 0 Å². The lowest BCUT2D eigenvalue weighted by molar-refractivity contribution is 0.581. The number of para-hydroxylation sites is 1. The molecule has 0 saturated carbocycles. The minimum atomic E-state index is -2.96. The van der Waals surface area contributed by atoms with E-state index in [0.29, 0.717) is 18.9 Å². The fraction of sp³-hybridized carbons (Fsp3) is 0.458. The van der Waals surface area contributed by atoms with E-state index in [9.17, 15) is 8.42 Å². The molecule has 0 aromatic heterocycles. The molecule has 1 aliphatic heterocycles. The molecule has 1 heterocycles. The average molecular weight is 443 g/mol. The zero-order chi connectivity index (χ0) is 22.3. The van der Waals surface area contributed by atoms with Gasteiger partial charge in [0.15, 0.2) is 5.96 Å². The highest BCUT2D eigenvalue weighted by molar-refractivity contribution is 7.90. The minimum Gasteiger partial charge on any atom is -0.367 e. The first-order chi connectivity index (χ1) is 14.8. The summed E-state index contributed by atoms with van der Waals surface area (Å²) in [5.41, 5.74) is 5.22. The Morgan fingerprint density at radius 2 is 1.84 bits per heavy atom. The van der Waals surface area contributed by atoms with Crippen LogP contribution in [0.25, 0.3) is 0 Å². The van der Waals surface area contributed by atoms with Crippen LogP contribution in [0, 0.1) is 0 Å². The van der Waals surface area contributed by atoms with Crippen LogP contribution in [0.15, 0.2) is 53.5 Å². The molecule has 7 heteroatoms. The summed E-state index contributed by atoms with van der Waals surface area (Å²) in [5, 5.41) is 6.53. The van der Waals surface area contributed by atoms with E-state index in [1.165, 1.54) is 23.1 Å². The third-order valence-corrected chi connectivity index (χ3v) is 6.43. The standard InChI is InChI=1S/C24H34N4O2S/c1-4-25-24(27-19(2)14-16-31(3,29)30)26-17-20-9-11-21(12-10-20)18-28-15-13-22-7-5-6-8-23(22)28/h5-12,19H,4,13-18H2,1-3H3,(H2,25,26,27). The molecule has 2 aromatic rings. The van der Waals surface area contributed by atoms with E-state index in [4.69, 9.17) is 0 Å². The van der Waals surface area contributed by atoms with Gasteiger partial charge in [-0.3, -0.25) is 0 Å². The van der Waals surface area contributed by atoms with Crippen molar-refractivity contribution < 1.29 is 8.42 Å². The highest BCUT2D eigenvalue weighted by Gasteiger charge is 2.18. The topological polar surface area (TPSA) is 73.8 Å². The fourth-order valence-corrected chi connectivity index (χ4v) is 4.51. The summed E-state index contributed by atoms with van der Waals surface area (Å²) in [6, 6.07) is 17.3. The van der Waals surface area contributed by atoms with Crippen molar-refractivity contribution in [3.8, 4) is 0 Å². The highest BCUT2D eigenvalue weighted by atomic mass is 32.2. The van der Waals surface area contributed by atoms with Crippen LogP contribution in [-0.4, -0.2) is 45.5 Å². The molecule has 31 heavy (non-hydrogen) atoms. The molecular formula is C24H34N4O2S. The summed E-state index contributed by atoms with van der Waals surface area (Å²) < 4.78 is 22.8. The van der Waals surface area contributed by atoms with Crippen molar-refractivity contribution in [1.82, 2.24) is 10.6 Å². The normalized spacial score (nSPS) is 14.9. The Bertz CT molecular complexity index is 987. The summed E-state index contributed by atoms with van der Waals surface area (Å²) in [6.45, 7) is 7.30. The minimum absolute atomic E-state index is 0.0261. The molecule has 1 atom stereocenters. The van der Waals surface area contributed by atoms with Gasteiger partial charge in [-0.1, -0.05) is 42.5 Å². The van der Waals surface area contributed by atoms with Crippen molar-refractivity contribution in [2.45, 2.75) is 45.8 Å². The van der Waals surface area contributed by atoms with Crippen molar-refractivity contribution >= 4 is 21.5 Å². The first kappa shape index (κ1) is 23.1. The second-order valence-corrected chi connectivity index (χ2v) is 10.5. The summed E-state index contributed by atoms with van der Waals surface area (Å²) in [4.78, 5) is 7.10. The molecule has 2 aromatic carbocycles. The molecule has 3 rings (SSSR count). The van der Waals surface area contributed by atoms with Crippen LogP contribution in [0.3, 0.4) is 0 Å². The van der Waals surface area contributed by atoms with E-state index in [1.807, 2.05) is 13.8 Å². The number of fused-ring (bicyclic) bond motifs is 1. The predicted octanol–water partition coefficient (Wildman–Crippen LogP) is 3.13. The molecule has 0 radical (unpaired) electrons. The van der Waals surface area contributed by atoms with Gasteiger partial charge in [0.05, 0.1) is 12.3 Å². The van der Waals surface area contributed by atoms with Crippen LogP contribution in [0.1, 0.15) is 37.0 Å². The molecule has 0 amide bonds. The van der Waals surface area contributed by atoms with Crippen LogP contribution in [0.5, 0.6) is 0 Å². The number of hydrogen-bond acceptors (Lipinski definition) is 4. The molecule has 1 unspecified atom stereocenters. The highest BCUT2D eigenvalue weighted by Crippen LogP contribution is 2.28. The second-order valence-electron chi connectivity index (χ2n) is 8.28. The number of nitrogens with zero attached hydrogens (tertiary/aromatic N) is 2. The molecule has 0 saturated heterocycles. The molecule has 1 aliphatic rings. The van der Waals surface area contributed by atoms with Crippen molar-refractivity contribution in [2.75, 3.05) is 30.0 Å². The van der Waals surface area contributed by atoms with Gasteiger partial charge in [0.2, 0.25) is 0 Å². The smallest absolute Gasteiger partial charge is 0.191 e. The number of nitrogens with one attached hydrogen (secondary N) is 2. The van der Waals surface area contributed by atoms with E-state index < -0.39 is 9.84 Å². The molecular weight excluding hydrogens is 408 g/mol. The Morgan fingerprint density at radius 1 is 1.13 bits per heavy atom. The number of benzene rings is 2. The molecule has 0 fully saturated rings. The van der Waals surface area contributed by atoms with Crippen molar-refractivity contribution in [2.24, 2.45) is 4.99 Å². The van der Waals surface area contributed by atoms with E-state index >= 15 is 0 Å². The molecule has 6 nitrogen and oxygen atoms in total. The van der Waals surface area contributed by atoms with Gasteiger partial charge < -0.3 is 15.5 Å². The van der Waals surface area contributed by atoms with Crippen LogP contribution in [0.4, 0.5) is 5.69 Å². The Hall–Kier alpha value is -2.54. The number of rotatable bonds is 9. The van der Waals surface area contributed by atoms with Gasteiger partial charge in [0.1, 0.15) is 9.84 Å². The molecule has 168 valence electrons. The van der Waals surface area contributed by atoms with Gasteiger partial charge in [0, 0.05) is 37.6 Å². The maximum absolute atomic E-state index is 11.4. The van der Waals surface area contributed by atoms with Gasteiger partial charge in [-0.15, -0.1) is 0 Å². The predicted molar refractivity (Wildman–Crippen MR) is 129 cm³/mol. The first-order valence-electron chi connectivity index (χ1n) is 11.0. The van der Waals surface area contributed by atoms with E-state index in [0.717, 1.165) is 31.6 Å². The average Bonchev–Trinajstić information content (AvgIpc) is 3.14. The Labute approximate surface area is 186 Å². The van der Waals surface area contributed by atoms with Gasteiger partial charge in [0.25, 0.3) is 0 Å². The van der Waals surface area contributed by atoms with Gasteiger partial charge in [-0.25, -0.2) is 13.4 Å². The van der Waals surface area contributed by atoms with Crippen molar-refractivity contribution in [3.63, 3.8) is 0 Å². The second kappa shape index (κ2) is 10.7. The molecule has 0 spiro atoms. The summed E-state index contributed by atoms with van der Waals surface area (Å²) >= 11 is 0. The van der Waals surface area contributed by atoms with Crippen LogP contribution >= 0.6 is 0 Å². The number of anilines is 1. The zero-order valence-electron chi connectivity index (χ0n) is 18.8. The lowest BCUT2D eigenvalue weighted by Crippen LogP contribution is -2.42. The third-order valence-electron chi connectivity index (χ3n) is 5.45. The van der Waals surface area contributed by atoms with Gasteiger partial charge >= 0.3 is 0 Å². The van der Waals surface area contributed by atoms with Crippen LogP contribution < -0.4 is 15.5 Å². The maximum atomic E-state index is 11.4. The SMILES string of the molecule is CCNC(=NCc1ccc(CN2CCc3ccccc32)cc1)NC(C)CCS(C)(=O)=O. The summed E-state index contributed by atoms with van der Waals surface area (Å²) in [6.07, 6.45) is 2.94. The molecule has 0 bridgehead atoms. The Kier molecular flexibility index (Phi) is 7.96. The van der Waals surface area contributed by atoms with Crippen LogP contribution in [-0.2, 0) is 29.3 Å². The zero-order valence-corrected chi connectivity index (χ0v) is 19.6. The fourth-order valence-electron chi connectivity index (χ4n) is 3.73. The van der Waals surface area contributed by atoms with E-state index in [-0.39, 0.29) is 11.8 Å². The number of aliphatic imine (C=N–C) groups is 1. The Balaban J connectivity index is 1.55. The molecule has 2 N–H and O–H groups in total. The van der Waals surface area contributed by atoms with Crippen molar-refractivity contribution in [1.29, 1.82) is 0 Å². The van der Waals surface area contributed by atoms with E-state index in [2.05, 4.69) is 69.1 Å². The quantitative estimate of drug-likeness (QED) is 0.461. The lowest BCUT2D eigenvalue weighted by Gasteiger charge is -2.19. The maximum Gasteiger partial charge on any atom is 0.191 e.